The van der Waals surface area contributed by atoms with Crippen molar-refractivity contribution < 1.29 is 66.3 Å². The van der Waals surface area contributed by atoms with Crippen LogP contribution in [0.3, 0.4) is 0 Å². The SMILES string of the molecule is C=C(C)C(=O)OCCCc1cc(-c2ccc(-c3ccc(C4CCC(CCCCC)CC4)cc3F)cc2CC)cc(CCCOC(=O)C(=C)C)c1OCCC(COC(=O)C(=O)CCOC)COC(=O)C(=O)CCOC. The number of ketones is 2. The second kappa shape index (κ2) is 32.3. The lowest BCUT2D eigenvalue weighted by Gasteiger charge is -2.29. The van der Waals surface area contributed by atoms with Gasteiger partial charge < -0.3 is 33.2 Å². The Labute approximate surface area is 437 Å². The summed E-state index contributed by atoms with van der Waals surface area (Å²) >= 11 is 0. The summed E-state index contributed by atoms with van der Waals surface area (Å²) in [6, 6.07) is 15.8. The van der Waals surface area contributed by atoms with E-state index >= 15 is 4.39 Å². The molecular weight excluding hydrogens is 948 g/mol. The Morgan fingerprint density at radius 3 is 1.65 bits per heavy atom. The predicted octanol–water partition coefficient (Wildman–Crippen LogP) is 11.4. The van der Waals surface area contributed by atoms with Gasteiger partial charge in [0.15, 0.2) is 0 Å². The number of rotatable bonds is 34. The number of Topliss-reactive ketones (excluding diaryl/α,β-unsaturated/α-hetero) is 2. The number of hydrogen-bond acceptors (Lipinski definition) is 13. The number of methoxy groups -OCH3 is 2. The van der Waals surface area contributed by atoms with Crippen LogP contribution in [0.1, 0.15) is 139 Å². The van der Waals surface area contributed by atoms with Crippen LogP contribution >= 0.6 is 0 Å². The summed E-state index contributed by atoms with van der Waals surface area (Å²) in [5.41, 5.74) is 7.31. The summed E-state index contributed by atoms with van der Waals surface area (Å²) < 4.78 is 54.2. The monoisotopic (exact) mass is 1030 g/mol. The molecule has 1 aliphatic carbocycles. The van der Waals surface area contributed by atoms with Gasteiger partial charge in [-0.25, -0.2) is 23.6 Å². The lowest BCUT2D eigenvalue weighted by atomic mass is 9.77. The van der Waals surface area contributed by atoms with Crippen molar-refractivity contribution in [2.24, 2.45) is 11.8 Å². The largest absolute Gasteiger partial charge is 0.493 e. The molecule has 0 saturated heterocycles. The zero-order valence-corrected chi connectivity index (χ0v) is 44.7. The number of unbranched alkanes of at least 4 members (excludes halogenated alkanes) is 2. The van der Waals surface area contributed by atoms with Crippen molar-refractivity contribution in [3.05, 3.63) is 101 Å². The number of hydrogen-bond donors (Lipinski definition) is 0. The lowest BCUT2D eigenvalue weighted by molar-refractivity contribution is -0.159. The van der Waals surface area contributed by atoms with Crippen molar-refractivity contribution in [2.45, 2.75) is 136 Å². The van der Waals surface area contributed by atoms with E-state index in [0.29, 0.717) is 49.3 Å². The average molecular weight is 1030 g/mol. The standard InChI is InChI=1S/C60H79FO13/c1-9-11-12-15-42-18-20-45(21-19-42)46-22-25-52(53(61)37-46)47-23-24-51(44(10-2)34-47)50-35-48(16-13-29-71-57(64)40(3)4)56(49(36-50)17-14-30-72-58(65)41(5)6)70-33-26-43(38-73-59(66)54(62)27-31-68-7)39-74-60(67)55(63)28-32-69-8/h22-25,34-37,42-43,45H,3,5,9-21,26-33,38-39H2,1-2,4,6-8H3. The average Bonchev–Trinajstić information content (AvgIpc) is 3.40. The summed E-state index contributed by atoms with van der Waals surface area (Å²) in [6.07, 6.45) is 11.8. The first-order chi connectivity index (χ1) is 35.6. The van der Waals surface area contributed by atoms with Crippen LogP contribution in [0.5, 0.6) is 5.75 Å². The number of halogens is 1. The van der Waals surface area contributed by atoms with Crippen LogP contribution in [0.15, 0.2) is 72.8 Å². The molecule has 404 valence electrons. The molecule has 3 aromatic carbocycles. The van der Waals surface area contributed by atoms with Gasteiger partial charge in [-0.1, -0.05) is 83.0 Å². The number of carbonyl (C=O) groups excluding carboxylic acids is 6. The van der Waals surface area contributed by atoms with Crippen LogP contribution in [0.25, 0.3) is 22.3 Å². The third-order valence-electron chi connectivity index (χ3n) is 13.4. The smallest absolute Gasteiger partial charge is 0.374 e. The van der Waals surface area contributed by atoms with Crippen LogP contribution in [0.4, 0.5) is 4.39 Å². The van der Waals surface area contributed by atoms with E-state index in [1.165, 1.54) is 52.7 Å². The van der Waals surface area contributed by atoms with E-state index in [9.17, 15) is 28.8 Å². The fourth-order valence-corrected chi connectivity index (χ4v) is 9.07. The number of benzene rings is 3. The van der Waals surface area contributed by atoms with Crippen LogP contribution in [-0.4, -0.2) is 95.9 Å². The van der Waals surface area contributed by atoms with Crippen LogP contribution in [0.2, 0.25) is 0 Å². The molecule has 0 heterocycles. The maximum Gasteiger partial charge on any atom is 0.374 e. The second-order valence-electron chi connectivity index (χ2n) is 19.4. The second-order valence-corrected chi connectivity index (χ2v) is 19.4. The van der Waals surface area contributed by atoms with Crippen LogP contribution < -0.4 is 4.74 Å². The third kappa shape index (κ3) is 19.7. The maximum atomic E-state index is 16.2. The zero-order chi connectivity index (χ0) is 54.0. The van der Waals surface area contributed by atoms with Crippen molar-refractivity contribution in [3.63, 3.8) is 0 Å². The molecule has 0 unspecified atom stereocenters. The Balaban J connectivity index is 1.69. The molecule has 0 aromatic heterocycles. The maximum absolute atomic E-state index is 16.2. The molecule has 74 heavy (non-hydrogen) atoms. The van der Waals surface area contributed by atoms with Gasteiger partial charge in [-0.05, 0) is 147 Å². The Hall–Kier alpha value is -5.99. The van der Waals surface area contributed by atoms with Crippen molar-refractivity contribution in [1.29, 1.82) is 0 Å². The molecule has 13 nitrogen and oxygen atoms in total. The molecule has 3 aromatic rings. The minimum atomic E-state index is -1.07. The molecule has 0 bridgehead atoms. The number of esters is 4. The van der Waals surface area contributed by atoms with E-state index in [-0.39, 0.29) is 82.5 Å². The highest BCUT2D eigenvalue weighted by Crippen LogP contribution is 2.40. The first kappa shape index (κ1) is 60.6. The van der Waals surface area contributed by atoms with Gasteiger partial charge in [-0.15, -0.1) is 0 Å². The number of carbonyl (C=O) groups is 6. The molecule has 0 amide bonds. The molecule has 1 fully saturated rings. The van der Waals surface area contributed by atoms with Crippen molar-refractivity contribution in [1.82, 2.24) is 0 Å². The first-order valence-corrected chi connectivity index (χ1v) is 26.3. The zero-order valence-electron chi connectivity index (χ0n) is 44.7. The van der Waals surface area contributed by atoms with Gasteiger partial charge in [-0.3, -0.25) is 9.59 Å². The number of aryl methyl sites for hydroxylation is 3. The van der Waals surface area contributed by atoms with Gasteiger partial charge in [-0.2, -0.15) is 0 Å². The van der Waals surface area contributed by atoms with E-state index in [1.807, 2.05) is 36.4 Å². The Morgan fingerprint density at radius 1 is 0.608 bits per heavy atom. The summed E-state index contributed by atoms with van der Waals surface area (Å²) in [5.74, 6) is -3.98. The van der Waals surface area contributed by atoms with E-state index < -0.39 is 41.4 Å². The summed E-state index contributed by atoms with van der Waals surface area (Å²) in [4.78, 5) is 74.6. The minimum Gasteiger partial charge on any atom is -0.493 e. The molecule has 0 atom stereocenters. The highest BCUT2D eigenvalue weighted by molar-refractivity contribution is 6.34. The fourth-order valence-electron chi connectivity index (χ4n) is 9.07. The van der Waals surface area contributed by atoms with Gasteiger partial charge in [0.1, 0.15) is 11.6 Å². The van der Waals surface area contributed by atoms with Gasteiger partial charge >= 0.3 is 23.9 Å². The van der Waals surface area contributed by atoms with Gasteiger partial charge in [0.2, 0.25) is 11.6 Å². The molecule has 1 saturated carbocycles. The van der Waals surface area contributed by atoms with E-state index in [1.54, 1.807) is 19.9 Å². The quantitative estimate of drug-likeness (QED) is 0.0182. The van der Waals surface area contributed by atoms with Crippen LogP contribution in [0, 0.1) is 17.7 Å². The Bertz CT molecular complexity index is 2290. The molecular formula is C60H79FO13. The molecule has 0 spiro atoms. The first-order valence-electron chi connectivity index (χ1n) is 26.3. The molecule has 0 N–H and O–H groups in total. The van der Waals surface area contributed by atoms with Gasteiger partial charge in [0.25, 0.3) is 0 Å². The fraction of sp³-hybridized carbons (Fsp3) is 0.533. The van der Waals surface area contributed by atoms with Gasteiger partial charge in [0.05, 0.1) is 46.2 Å². The normalized spacial score (nSPS) is 14.3. The molecule has 0 aliphatic heterocycles. The van der Waals surface area contributed by atoms with E-state index in [2.05, 4.69) is 33.1 Å². The van der Waals surface area contributed by atoms with Crippen molar-refractivity contribution in [2.75, 3.05) is 60.5 Å². The molecule has 14 heteroatoms. The lowest BCUT2D eigenvalue weighted by Crippen LogP contribution is -2.28. The van der Waals surface area contributed by atoms with Crippen molar-refractivity contribution >= 4 is 35.4 Å². The third-order valence-corrected chi connectivity index (χ3v) is 13.4. The summed E-state index contributed by atoms with van der Waals surface area (Å²) in [7, 11) is 2.81. The van der Waals surface area contributed by atoms with Gasteiger partial charge in [0, 0.05) is 49.7 Å². The minimum absolute atomic E-state index is 0.0171. The summed E-state index contributed by atoms with van der Waals surface area (Å²) in [6.45, 7) is 14.5. The number of ether oxygens (including phenoxy) is 7. The highest BCUT2D eigenvalue weighted by atomic mass is 19.1. The predicted molar refractivity (Wildman–Crippen MR) is 282 cm³/mol. The summed E-state index contributed by atoms with van der Waals surface area (Å²) in [5, 5.41) is 0. The molecule has 4 rings (SSSR count). The Morgan fingerprint density at radius 2 is 1.15 bits per heavy atom. The topological polar surface area (TPSA) is 167 Å². The van der Waals surface area contributed by atoms with Crippen molar-refractivity contribution in [3.8, 4) is 28.0 Å². The van der Waals surface area contributed by atoms with E-state index in [4.69, 9.17) is 33.2 Å². The molecule has 1 aliphatic rings. The highest BCUT2D eigenvalue weighted by Gasteiger charge is 2.25. The Kier molecular flexibility index (Phi) is 26.5. The van der Waals surface area contributed by atoms with E-state index in [0.717, 1.165) is 57.7 Å². The van der Waals surface area contributed by atoms with Crippen LogP contribution in [-0.2, 0) is 76.5 Å². The molecule has 0 radical (unpaired) electrons.